The zero-order chi connectivity index (χ0) is 49.5. The summed E-state index contributed by atoms with van der Waals surface area (Å²) in [5.41, 5.74) is 0. The van der Waals surface area contributed by atoms with Crippen LogP contribution in [-0.4, -0.2) is 37.2 Å². The van der Waals surface area contributed by atoms with E-state index in [-0.39, 0.29) is 31.1 Å². The van der Waals surface area contributed by atoms with Crippen LogP contribution in [0, 0.1) is 5.92 Å². The first-order valence-electron chi connectivity index (χ1n) is 30.9. The van der Waals surface area contributed by atoms with E-state index < -0.39 is 6.10 Å². The summed E-state index contributed by atoms with van der Waals surface area (Å²) in [5, 5.41) is 0. The van der Waals surface area contributed by atoms with E-state index in [9.17, 15) is 14.4 Å². The minimum absolute atomic E-state index is 0.0613. The van der Waals surface area contributed by atoms with Crippen molar-refractivity contribution in [1.29, 1.82) is 0 Å². The van der Waals surface area contributed by atoms with Crippen LogP contribution in [0.5, 0.6) is 0 Å². The van der Waals surface area contributed by atoms with Gasteiger partial charge in [0.15, 0.2) is 6.10 Å². The van der Waals surface area contributed by atoms with E-state index in [4.69, 9.17) is 14.2 Å². The molecule has 0 rings (SSSR count). The molecular weight excluding hydrogens is 841 g/mol. The van der Waals surface area contributed by atoms with Crippen molar-refractivity contribution in [1.82, 2.24) is 0 Å². The molecular formula is C62H120O6. The van der Waals surface area contributed by atoms with E-state index in [2.05, 4.69) is 27.7 Å². The molecule has 0 aliphatic heterocycles. The summed E-state index contributed by atoms with van der Waals surface area (Å²) in [4.78, 5) is 38.2. The Bertz CT molecular complexity index is 1030. The van der Waals surface area contributed by atoms with Crippen LogP contribution in [0.25, 0.3) is 0 Å². The van der Waals surface area contributed by atoms with Gasteiger partial charge in [0.25, 0.3) is 0 Å². The van der Waals surface area contributed by atoms with Crippen LogP contribution in [0.4, 0.5) is 0 Å². The Kier molecular flexibility index (Phi) is 55.0. The normalized spacial score (nSPS) is 12.4. The van der Waals surface area contributed by atoms with Crippen molar-refractivity contribution in [3.8, 4) is 0 Å². The lowest BCUT2D eigenvalue weighted by molar-refractivity contribution is -0.167. The highest BCUT2D eigenvalue weighted by atomic mass is 16.6. The summed E-state index contributed by atoms with van der Waals surface area (Å²) >= 11 is 0. The quantitative estimate of drug-likeness (QED) is 0.0343. The molecule has 0 amide bonds. The van der Waals surface area contributed by atoms with E-state index in [1.807, 2.05) is 0 Å². The smallest absolute Gasteiger partial charge is 0.306 e. The van der Waals surface area contributed by atoms with Crippen LogP contribution < -0.4 is 0 Å². The molecule has 6 nitrogen and oxygen atoms in total. The standard InChI is InChI=1S/C62H120O6/c1-5-8-10-12-14-16-18-20-22-23-25-29-33-37-41-45-49-53-60(63)66-56-59(68-62(65)55-51-47-43-39-35-31-24-21-19-17-15-13-11-9-6-2)57-67-61(64)54-50-46-42-38-34-30-27-26-28-32-36-40-44-48-52-58(4)7-3/h58-59H,5-57H2,1-4H3/t58?,59-/m0/s1. The fourth-order valence-electron chi connectivity index (χ4n) is 9.60. The van der Waals surface area contributed by atoms with Crippen molar-refractivity contribution in [3.63, 3.8) is 0 Å². The molecule has 0 heterocycles. The van der Waals surface area contributed by atoms with Crippen LogP contribution in [0.1, 0.15) is 355 Å². The second-order valence-corrected chi connectivity index (χ2v) is 21.6. The highest BCUT2D eigenvalue weighted by Crippen LogP contribution is 2.19. The molecule has 0 bridgehead atoms. The molecule has 0 saturated carbocycles. The van der Waals surface area contributed by atoms with Gasteiger partial charge in [-0.05, 0) is 25.2 Å². The van der Waals surface area contributed by atoms with Crippen molar-refractivity contribution in [2.75, 3.05) is 13.2 Å². The van der Waals surface area contributed by atoms with Gasteiger partial charge >= 0.3 is 17.9 Å². The Balaban J connectivity index is 4.29. The predicted octanol–water partition coefficient (Wildman–Crippen LogP) is 20.6. The van der Waals surface area contributed by atoms with Gasteiger partial charge in [-0.1, -0.05) is 317 Å². The van der Waals surface area contributed by atoms with Crippen LogP contribution in [-0.2, 0) is 28.6 Å². The molecule has 0 aliphatic carbocycles. The maximum absolute atomic E-state index is 12.9. The minimum atomic E-state index is -0.762. The molecule has 0 N–H and O–H groups in total. The fraction of sp³-hybridized carbons (Fsp3) is 0.952. The Labute approximate surface area is 425 Å². The summed E-state index contributed by atoms with van der Waals surface area (Å²) in [7, 11) is 0. The van der Waals surface area contributed by atoms with E-state index in [0.717, 1.165) is 63.7 Å². The Morgan fingerprint density at radius 2 is 0.515 bits per heavy atom. The first-order valence-corrected chi connectivity index (χ1v) is 30.9. The number of unbranched alkanes of at least 4 members (excludes halogenated alkanes) is 43. The highest BCUT2D eigenvalue weighted by molar-refractivity contribution is 5.71. The van der Waals surface area contributed by atoms with Gasteiger partial charge in [0.1, 0.15) is 13.2 Å². The third-order valence-electron chi connectivity index (χ3n) is 14.7. The molecule has 0 aromatic rings. The summed E-state index contributed by atoms with van der Waals surface area (Å²) in [6.45, 7) is 9.12. The largest absolute Gasteiger partial charge is 0.462 e. The lowest BCUT2D eigenvalue weighted by atomic mass is 9.99. The van der Waals surface area contributed by atoms with Gasteiger partial charge in [-0.25, -0.2) is 0 Å². The van der Waals surface area contributed by atoms with Gasteiger partial charge in [-0.2, -0.15) is 0 Å². The molecule has 2 atom stereocenters. The third-order valence-corrected chi connectivity index (χ3v) is 14.7. The molecule has 0 spiro atoms. The average Bonchev–Trinajstić information content (AvgIpc) is 3.34. The molecule has 68 heavy (non-hydrogen) atoms. The van der Waals surface area contributed by atoms with Crippen molar-refractivity contribution in [3.05, 3.63) is 0 Å². The number of carbonyl (C=O) groups is 3. The van der Waals surface area contributed by atoms with Gasteiger partial charge in [-0.3, -0.25) is 14.4 Å². The predicted molar refractivity (Wildman–Crippen MR) is 293 cm³/mol. The molecule has 0 radical (unpaired) electrons. The third kappa shape index (κ3) is 53.8. The second-order valence-electron chi connectivity index (χ2n) is 21.6. The van der Waals surface area contributed by atoms with Crippen molar-refractivity contribution < 1.29 is 28.6 Å². The SMILES string of the molecule is CCCCCCCCCCCCCCCCCCCC(=O)OC[C@@H](COC(=O)CCCCCCCCCCCCCCCCC(C)CC)OC(=O)CCCCCCCCCCCCCCCCC. The fourth-order valence-corrected chi connectivity index (χ4v) is 9.60. The van der Waals surface area contributed by atoms with Gasteiger partial charge < -0.3 is 14.2 Å². The van der Waals surface area contributed by atoms with Crippen LogP contribution in [0.3, 0.4) is 0 Å². The summed E-state index contributed by atoms with van der Waals surface area (Å²) in [5.74, 6) is 0.0661. The maximum Gasteiger partial charge on any atom is 0.306 e. The van der Waals surface area contributed by atoms with Crippen molar-refractivity contribution in [2.45, 2.75) is 361 Å². The number of rotatable bonds is 57. The number of hydrogen-bond donors (Lipinski definition) is 0. The average molecular weight is 962 g/mol. The van der Waals surface area contributed by atoms with E-state index in [1.54, 1.807) is 0 Å². The first-order chi connectivity index (χ1) is 33.4. The van der Waals surface area contributed by atoms with E-state index in [0.29, 0.717) is 19.3 Å². The molecule has 0 fully saturated rings. The maximum atomic E-state index is 12.9. The number of ether oxygens (including phenoxy) is 3. The second kappa shape index (κ2) is 56.3. The van der Waals surface area contributed by atoms with Crippen molar-refractivity contribution in [2.24, 2.45) is 5.92 Å². The summed E-state index contributed by atoms with van der Waals surface area (Å²) in [6, 6.07) is 0. The Hall–Kier alpha value is -1.59. The minimum Gasteiger partial charge on any atom is -0.462 e. The lowest BCUT2D eigenvalue weighted by Gasteiger charge is -2.18. The van der Waals surface area contributed by atoms with Gasteiger partial charge in [-0.15, -0.1) is 0 Å². The van der Waals surface area contributed by atoms with Crippen molar-refractivity contribution >= 4 is 17.9 Å². The molecule has 0 saturated heterocycles. The lowest BCUT2D eigenvalue weighted by Crippen LogP contribution is -2.30. The zero-order valence-electron chi connectivity index (χ0n) is 46.6. The molecule has 0 aromatic carbocycles. The van der Waals surface area contributed by atoms with Gasteiger partial charge in [0, 0.05) is 19.3 Å². The number of esters is 3. The monoisotopic (exact) mass is 961 g/mol. The summed E-state index contributed by atoms with van der Waals surface area (Å²) in [6.07, 6.45) is 62.3. The van der Waals surface area contributed by atoms with Crippen LogP contribution in [0.15, 0.2) is 0 Å². The highest BCUT2D eigenvalue weighted by Gasteiger charge is 2.19. The molecule has 404 valence electrons. The molecule has 1 unspecified atom stereocenters. The van der Waals surface area contributed by atoms with Gasteiger partial charge in [0.2, 0.25) is 0 Å². The van der Waals surface area contributed by atoms with Crippen LogP contribution in [0.2, 0.25) is 0 Å². The van der Waals surface area contributed by atoms with Crippen LogP contribution >= 0.6 is 0 Å². The zero-order valence-corrected chi connectivity index (χ0v) is 46.6. The molecule has 6 heteroatoms. The molecule has 0 aliphatic rings. The molecule has 0 aromatic heterocycles. The Morgan fingerprint density at radius 3 is 0.765 bits per heavy atom. The van der Waals surface area contributed by atoms with E-state index in [1.165, 1.54) is 250 Å². The first kappa shape index (κ1) is 66.4. The number of hydrogen-bond acceptors (Lipinski definition) is 6. The summed E-state index contributed by atoms with van der Waals surface area (Å²) < 4.78 is 16.9. The van der Waals surface area contributed by atoms with E-state index >= 15 is 0 Å². The topological polar surface area (TPSA) is 78.9 Å². The van der Waals surface area contributed by atoms with Gasteiger partial charge in [0.05, 0.1) is 0 Å². The number of carbonyl (C=O) groups excluding carboxylic acids is 3. The Morgan fingerprint density at radius 1 is 0.294 bits per heavy atom.